The Morgan fingerprint density at radius 1 is 1.15 bits per heavy atom. The Morgan fingerprint density at radius 3 is 2.85 bits per heavy atom. The maximum absolute atomic E-state index is 17.0. The molecule has 4 aliphatic heterocycles. The zero-order chi connectivity index (χ0) is 31.7. The number of halogens is 3. The number of pyridine rings is 1. The largest absolute Gasteiger partial charge is 0.461 e. The summed E-state index contributed by atoms with van der Waals surface area (Å²) >= 11 is 0. The van der Waals surface area contributed by atoms with Crippen LogP contribution in [0.25, 0.3) is 32.9 Å². The molecule has 6 heterocycles. The zero-order valence-electron chi connectivity index (χ0n) is 25.6. The predicted octanol–water partition coefficient (Wildman–Crippen LogP) is 5.05. The summed E-state index contributed by atoms with van der Waals surface area (Å²) in [7, 11) is 0. The monoisotopic (exact) mass is 628 g/mol. The number of hydrogen-bond donors (Lipinski definition) is 2. The van der Waals surface area contributed by atoms with Gasteiger partial charge in [-0.3, -0.25) is 4.90 Å². The van der Waals surface area contributed by atoms with Gasteiger partial charge in [-0.15, -0.1) is 6.42 Å². The molecule has 0 saturated carbocycles. The van der Waals surface area contributed by atoms with Gasteiger partial charge in [0, 0.05) is 55.5 Å². The number of alkyl halides is 1. The lowest BCUT2D eigenvalue weighted by Crippen LogP contribution is -2.58. The van der Waals surface area contributed by atoms with Crippen LogP contribution in [0.2, 0.25) is 0 Å². The zero-order valence-corrected chi connectivity index (χ0v) is 25.6. The Kier molecular flexibility index (Phi) is 7.08. The van der Waals surface area contributed by atoms with E-state index >= 15 is 4.39 Å². The van der Waals surface area contributed by atoms with Gasteiger partial charge in [0.05, 0.1) is 28.3 Å². The maximum Gasteiger partial charge on any atom is 0.319 e. The second kappa shape index (κ2) is 11.1. The van der Waals surface area contributed by atoms with E-state index in [0.29, 0.717) is 60.0 Å². The molecular weight excluding hydrogens is 593 g/mol. The number of rotatable bonds is 5. The Bertz CT molecular complexity index is 1920. The number of terminal acetylenes is 1. The van der Waals surface area contributed by atoms with Gasteiger partial charge in [-0.25, -0.2) is 18.2 Å². The second-order valence-electron chi connectivity index (χ2n) is 13.0. The van der Waals surface area contributed by atoms with E-state index in [-0.39, 0.29) is 47.2 Å². The van der Waals surface area contributed by atoms with Crippen LogP contribution in [-0.2, 0) is 0 Å². The van der Waals surface area contributed by atoms with E-state index in [4.69, 9.17) is 21.1 Å². The van der Waals surface area contributed by atoms with Crippen molar-refractivity contribution in [2.45, 2.75) is 68.9 Å². The third kappa shape index (κ3) is 4.45. The highest BCUT2D eigenvalue weighted by molar-refractivity contribution is 6.03. The molecule has 0 amide bonds. The van der Waals surface area contributed by atoms with Crippen LogP contribution < -0.4 is 15.0 Å². The molecule has 4 aromatic rings. The molecular formula is C35H35F3N6O2. The summed E-state index contributed by atoms with van der Waals surface area (Å²) in [5.41, 5.74) is -0.0247. The van der Waals surface area contributed by atoms with Crippen molar-refractivity contribution < 1.29 is 23.0 Å². The molecule has 0 unspecified atom stereocenters. The fourth-order valence-electron chi connectivity index (χ4n) is 8.39. The summed E-state index contributed by atoms with van der Waals surface area (Å²) in [6, 6.07) is 7.95. The average molecular weight is 629 g/mol. The van der Waals surface area contributed by atoms with Gasteiger partial charge in [-0.1, -0.05) is 37.1 Å². The van der Waals surface area contributed by atoms with Gasteiger partial charge in [-0.05, 0) is 37.3 Å². The number of aliphatic hydroxyl groups excluding tert-OH is 1. The van der Waals surface area contributed by atoms with Crippen LogP contribution in [0.4, 0.5) is 19.0 Å². The number of aliphatic hydroxyl groups is 1. The Labute approximate surface area is 265 Å². The highest BCUT2D eigenvalue weighted by atomic mass is 19.1. The molecule has 2 aromatic heterocycles. The minimum Gasteiger partial charge on any atom is -0.461 e. The van der Waals surface area contributed by atoms with E-state index in [1.807, 2.05) is 0 Å². The van der Waals surface area contributed by atoms with Gasteiger partial charge in [0.1, 0.15) is 35.6 Å². The van der Waals surface area contributed by atoms with Crippen molar-refractivity contribution in [3.8, 4) is 29.6 Å². The number of benzene rings is 2. The molecule has 11 heteroatoms. The van der Waals surface area contributed by atoms with Gasteiger partial charge in [0.25, 0.3) is 0 Å². The molecule has 8 nitrogen and oxygen atoms in total. The van der Waals surface area contributed by atoms with Crippen LogP contribution in [0.5, 0.6) is 6.01 Å². The predicted molar refractivity (Wildman–Crippen MR) is 169 cm³/mol. The average Bonchev–Trinajstić information content (AvgIpc) is 3.55. The lowest BCUT2D eigenvalue weighted by atomic mass is 9.94. The van der Waals surface area contributed by atoms with Gasteiger partial charge in [0.2, 0.25) is 0 Å². The number of hydrogen-bond acceptors (Lipinski definition) is 8. The molecule has 2 N–H and O–H groups in total. The number of nitrogens with zero attached hydrogens (tertiary/aromatic N) is 5. The van der Waals surface area contributed by atoms with E-state index in [1.165, 1.54) is 6.07 Å². The first kappa shape index (κ1) is 29.4. The van der Waals surface area contributed by atoms with Crippen LogP contribution in [-0.4, -0.2) is 81.5 Å². The van der Waals surface area contributed by atoms with Crippen LogP contribution in [0.15, 0.2) is 30.3 Å². The number of piperazine rings is 1. The molecule has 0 radical (unpaired) electrons. The fourth-order valence-corrected chi connectivity index (χ4v) is 8.39. The first-order valence-electron chi connectivity index (χ1n) is 16.1. The minimum absolute atomic E-state index is 0.00491. The summed E-state index contributed by atoms with van der Waals surface area (Å²) in [5, 5.41) is 16.6. The van der Waals surface area contributed by atoms with Crippen molar-refractivity contribution in [1.29, 1.82) is 0 Å². The molecule has 238 valence electrons. The van der Waals surface area contributed by atoms with E-state index in [1.54, 1.807) is 24.3 Å². The highest BCUT2D eigenvalue weighted by Gasteiger charge is 2.49. The Morgan fingerprint density at radius 2 is 2.02 bits per heavy atom. The van der Waals surface area contributed by atoms with Crippen LogP contribution in [0, 0.1) is 24.0 Å². The van der Waals surface area contributed by atoms with Crippen molar-refractivity contribution in [3.05, 3.63) is 53.2 Å². The molecule has 5 atom stereocenters. The quantitative estimate of drug-likeness (QED) is 0.297. The first-order valence-corrected chi connectivity index (χ1v) is 16.1. The number of anilines is 1. The topological polar surface area (TPSA) is 86.6 Å². The van der Waals surface area contributed by atoms with Crippen molar-refractivity contribution in [1.82, 2.24) is 25.2 Å². The number of aromatic nitrogens is 3. The van der Waals surface area contributed by atoms with Crippen molar-refractivity contribution in [2.24, 2.45) is 0 Å². The molecule has 3 fully saturated rings. The Hall–Kier alpha value is -3.98. The van der Waals surface area contributed by atoms with Gasteiger partial charge >= 0.3 is 6.01 Å². The maximum atomic E-state index is 17.0. The van der Waals surface area contributed by atoms with E-state index in [0.717, 1.165) is 25.8 Å². The smallest absolute Gasteiger partial charge is 0.319 e. The SMILES string of the molecule is C#Cc1c(F)ccc2cccc(-c3nc4c5c(nc(OC[C@@]67CCCN6C[C@H](F)C7)nc5c3F)N3CCN[C@@H](CC)[C@H]3C[C@H]4O)c12. The van der Waals surface area contributed by atoms with Crippen molar-refractivity contribution in [2.75, 3.05) is 37.7 Å². The van der Waals surface area contributed by atoms with Gasteiger partial charge < -0.3 is 20.1 Å². The summed E-state index contributed by atoms with van der Waals surface area (Å²) in [5.74, 6) is 1.54. The lowest BCUT2D eigenvalue weighted by molar-refractivity contribution is 0.107. The van der Waals surface area contributed by atoms with Crippen LogP contribution >= 0.6 is 0 Å². The summed E-state index contributed by atoms with van der Waals surface area (Å²) in [4.78, 5) is 18.5. The third-order valence-electron chi connectivity index (χ3n) is 10.5. The van der Waals surface area contributed by atoms with E-state index in [2.05, 4.69) is 32.9 Å². The normalized spacial score (nSPS) is 27.4. The molecule has 4 aliphatic rings. The fraction of sp³-hybridized carbons (Fsp3) is 0.457. The molecule has 0 spiro atoms. The summed E-state index contributed by atoms with van der Waals surface area (Å²) in [6.45, 7) is 4.72. The molecule has 2 aromatic carbocycles. The van der Waals surface area contributed by atoms with E-state index in [9.17, 15) is 13.9 Å². The van der Waals surface area contributed by atoms with Gasteiger partial charge in [0.15, 0.2) is 5.82 Å². The Balaban J connectivity index is 1.34. The van der Waals surface area contributed by atoms with Crippen LogP contribution in [0.3, 0.4) is 0 Å². The van der Waals surface area contributed by atoms with E-state index < -0.39 is 29.4 Å². The number of ether oxygens (including phenoxy) is 1. The molecule has 8 rings (SSSR count). The second-order valence-corrected chi connectivity index (χ2v) is 13.0. The molecule has 0 bridgehead atoms. The molecule has 46 heavy (non-hydrogen) atoms. The first-order chi connectivity index (χ1) is 22.3. The van der Waals surface area contributed by atoms with Crippen molar-refractivity contribution in [3.63, 3.8) is 0 Å². The van der Waals surface area contributed by atoms with Gasteiger partial charge in [-0.2, -0.15) is 9.97 Å². The standard InChI is InChI=1S/C35H35F3N6O2/c1-3-21-23(37)10-9-19-7-5-8-22(27(19)21)30-29(38)32-28-31(40-30)26(45)15-25-24(4-2)39-12-14-44(25)33(28)42-34(41-32)46-18-35-11-6-13-43(35)17-20(36)16-35/h1,5,7-10,20,24-26,39,45H,4,6,11-18H2,2H3/t20-,24+,25-,26-,35+/m1/s1. The number of fused-ring (bicyclic) bond motifs is 4. The summed E-state index contributed by atoms with van der Waals surface area (Å²) < 4.78 is 52.8. The highest BCUT2D eigenvalue weighted by Crippen LogP contribution is 2.45. The molecule has 0 aliphatic carbocycles. The van der Waals surface area contributed by atoms with Crippen molar-refractivity contribution >= 4 is 27.5 Å². The summed E-state index contributed by atoms with van der Waals surface area (Å²) in [6.07, 6.45) is 7.05. The minimum atomic E-state index is -1.05. The third-order valence-corrected chi connectivity index (χ3v) is 10.5. The lowest BCUT2D eigenvalue weighted by Gasteiger charge is -2.42. The molecule has 3 saturated heterocycles. The van der Waals surface area contributed by atoms with Crippen LogP contribution in [0.1, 0.15) is 56.4 Å². The number of nitrogens with one attached hydrogen (secondary N) is 1.